The van der Waals surface area contributed by atoms with E-state index in [4.69, 9.17) is 16.3 Å². The van der Waals surface area contributed by atoms with Gasteiger partial charge in [0.25, 0.3) is 5.91 Å². The molecule has 0 bridgehead atoms. The summed E-state index contributed by atoms with van der Waals surface area (Å²) >= 11 is 5.83. The highest BCUT2D eigenvalue weighted by Crippen LogP contribution is 2.22. The molecule has 1 N–H and O–H groups in total. The van der Waals surface area contributed by atoms with Gasteiger partial charge in [-0.2, -0.15) is 0 Å². The van der Waals surface area contributed by atoms with Crippen molar-refractivity contribution in [2.24, 2.45) is 0 Å². The molecular formula is C13H16ClNO2. The van der Waals surface area contributed by atoms with Crippen LogP contribution < -0.4 is 10.1 Å². The molecule has 92 valence electrons. The quantitative estimate of drug-likeness (QED) is 0.647. The van der Waals surface area contributed by atoms with Gasteiger partial charge in [0, 0.05) is 11.6 Å². The second-order valence-corrected chi connectivity index (χ2v) is 3.89. The van der Waals surface area contributed by atoms with E-state index in [0.29, 0.717) is 22.9 Å². The zero-order valence-corrected chi connectivity index (χ0v) is 10.8. The van der Waals surface area contributed by atoms with Gasteiger partial charge in [0.05, 0.1) is 12.7 Å². The lowest BCUT2D eigenvalue weighted by molar-refractivity contribution is 0.0951. The monoisotopic (exact) mass is 253 g/mol. The van der Waals surface area contributed by atoms with Crippen molar-refractivity contribution in [1.82, 2.24) is 5.32 Å². The number of nitrogens with one attached hydrogen (secondary N) is 1. The number of ether oxygens (including phenoxy) is 1. The molecule has 3 nitrogen and oxygen atoms in total. The van der Waals surface area contributed by atoms with E-state index in [-0.39, 0.29) is 5.91 Å². The van der Waals surface area contributed by atoms with Crippen molar-refractivity contribution in [2.75, 3.05) is 13.7 Å². The summed E-state index contributed by atoms with van der Waals surface area (Å²) in [7, 11) is 1.52. The van der Waals surface area contributed by atoms with Crippen molar-refractivity contribution in [3.05, 3.63) is 40.9 Å². The molecular weight excluding hydrogens is 238 g/mol. The van der Waals surface area contributed by atoms with Crippen molar-refractivity contribution in [3.8, 4) is 5.75 Å². The Morgan fingerprint density at radius 1 is 1.53 bits per heavy atom. The molecule has 0 fully saturated rings. The third-order valence-electron chi connectivity index (χ3n) is 2.24. The van der Waals surface area contributed by atoms with E-state index in [2.05, 4.69) is 5.32 Å². The molecule has 1 aromatic carbocycles. The van der Waals surface area contributed by atoms with Gasteiger partial charge in [-0.25, -0.2) is 0 Å². The van der Waals surface area contributed by atoms with Crippen LogP contribution in [-0.4, -0.2) is 19.6 Å². The Labute approximate surface area is 106 Å². The second kappa shape index (κ2) is 6.97. The summed E-state index contributed by atoms with van der Waals surface area (Å²) in [6.45, 7) is 2.55. The molecule has 0 aliphatic heterocycles. The lowest BCUT2D eigenvalue weighted by atomic mass is 10.2. The Morgan fingerprint density at radius 2 is 2.29 bits per heavy atom. The minimum Gasteiger partial charge on any atom is -0.496 e. The zero-order valence-electron chi connectivity index (χ0n) is 10.00. The molecule has 0 saturated heterocycles. The van der Waals surface area contributed by atoms with Gasteiger partial charge in [-0.1, -0.05) is 23.8 Å². The van der Waals surface area contributed by atoms with Crippen LogP contribution in [0.4, 0.5) is 0 Å². The summed E-state index contributed by atoms with van der Waals surface area (Å²) in [4.78, 5) is 11.8. The predicted molar refractivity (Wildman–Crippen MR) is 69.8 cm³/mol. The van der Waals surface area contributed by atoms with Gasteiger partial charge in [0.2, 0.25) is 0 Å². The topological polar surface area (TPSA) is 38.3 Å². The molecule has 0 aromatic heterocycles. The average Bonchev–Trinajstić information content (AvgIpc) is 2.34. The fourth-order valence-electron chi connectivity index (χ4n) is 1.38. The zero-order chi connectivity index (χ0) is 12.7. The molecule has 17 heavy (non-hydrogen) atoms. The van der Waals surface area contributed by atoms with Crippen LogP contribution in [0.5, 0.6) is 5.75 Å². The van der Waals surface area contributed by atoms with Gasteiger partial charge in [0.1, 0.15) is 5.75 Å². The van der Waals surface area contributed by atoms with Crippen LogP contribution in [0.25, 0.3) is 0 Å². The first-order chi connectivity index (χ1) is 8.19. The lowest BCUT2D eigenvalue weighted by Crippen LogP contribution is -2.24. The Kier molecular flexibility index (Phi) is 5.57. The van der Waals surface area contributed by atoms with E-state index in [0.717, 1.165) is 6.42 Å². The van der Waals surface area contributed by atoms with Crippen molar-refractivity contribution >= 4 is 17.5 Å². The molecule has 1 rings (SSSR count). The molecule has 0 heterocycles. The Bertz CT molecular complexity index is 416. The fourth-order valence-corrected chi connectivity index (χ4v) is 1.55. The highest BCUT2D eigenvalue weighted by molar-refractivity contribution is 6.30. The third kappa shape index (κ3) is 4.11. The number of benzene rings is 1. The van der Waals surface area contributed by atoms with Gasteiger partial charge in [-0.3, -0.25) is 4.79 Å². The van der Waals surface area contributed by atoms with Crippen molar-refractivity contribution in [1.29, 1.82) is 0 Å². The van der Waals surface area contributed by atoms with E-state index in [1.165, 1.54) is 7.11 Å². The summed E-state index contributed by atoms with van der Waals surface area (Å²) < 4.78 is 5.12. The Balaban J connectivity index is 2.68. The highest BCUT2D eigenvalue weighted by Gasteiger charge is 2.11. The maximum Gasteiger partial charge on any atom is 0.255 e. The first-order valence-corrected chi connectivity index (χ1v) is 5.79. The minimum absolute atomic E-state index is 0.150. The van der Waals surface area contributed by atoms with Gasteiger partial charge >= 0.3 is 0 Å². The molecule has 4 heteroatoms. The largest absolute Gasteiger partial charge is 0.496 e. The molecule has 0 radical (unpaired) electrons. The first kappa shape index (κ1) is 13.6. The maximum absolute atomic E-state index is 11.8. The van der Waals surface area contributed by atoms with Gasteiger partial charge in [0.15, 0.2) is 0 Å². The number of carbonyl (C=O) groups is 1. The number of hydrogen-bond acceptors (Lipinski definition) is 2. The maximum atomic E-state index is 11.8. The summed E-state index contributed by atoms with van der Waals surface area (Å²) in [5, 5.41) is 3.36. The normalized spacial score (nSPS) is 10.5. The number of rotatable bonds is 5. The van der Waals surface area contributed by atoms with Gasteiger partial charge in [-0.15, -0.1) is 0 Å². The predicted octanol–water partition coefficient (Wildman–Crippen LogP) is 3.04. The number of allylic oxidation sites excluding steroid dienone is 1. The molecule has 0 aliphatic carbocycles. The van der Waals surface area contributed by atoms with E-state index in [1.807, 2.05) is 19.1 Å². The SMILES string of the molecule is C/C=C/CCNC(=O)c1ccc(Cl)cc1OC. The molecule has 1 amide bonds. The molecule has 1 aromatic rings. The van der Waals surface area contributed by atoms with Gasteiger partial charge < -0.3 is 10.1 Å². The first-order valence-electron chi connectivity index (χ1n) is 5.42. The Hall–Kier alpha value is -1.48. The van der Waals surface area contributed by atoms with Crippen molar-refractivity contribution < 1.29 is 9.53 Å². The lowest BCUT2D eigenvalue weighted by Gasteiger charge is -2.08. The fraction of sp³-hybridized carbons (Fsp3) is 0.308. The number of carbonyl (C=O) groups excluding carboxylic acids is 1. The molecule has 0 aliphatic rings. The summed E-state index contributed by atoms with van der Waals surface area (Å²) in [6.07, 6.45) is 4.77. The Morgan fingerprint density at radius 3 is 2.94 bits per heavy atom. The molecule has 0 unspecified atom stereocenters. The summed E-state index contributed by atoms with van der Waals surface area (Å²) in [5.41, 5.74) is 0.498. The minimum atomic E-state index is -0.150. The number of methoxy groups -OCH3 is 1. The van der Waals surface area contributed by atoms with Crippen LogP contribution in [0.1, 0.15) is 23.7 Å². The van der Waals surface area contributed by atoms with Crippen LogP contribution in [0.2, 0.25) is 5.02 Å². The van der Waals surface area contributed by atoms with E-state index >= 15 is 0 Å². The smallest absolute Gasteiger partial charge is 0.255 e. The van der Waals surface area contributed by atoms with Crippen LogP contribution in [-0.2, 0) is 0 Å². The summed E-state index contributed by atoms with van der Waals surface area (Å²) in [6, 6.07) is 4.96. The number of hydrogen-bond donors (Lipinski definition) is 1. The summed E-state index contributed by atoms with van der Waals surface area (Å²) in [5.74, 6) is 0.337. The molecule has 0 spiro atoms. The van der Waals surface area contributed by atoms with E-state index in [9.17, 15) is 4.79 Å². The average molecular weight is 254 g/mol. The molecule has 0 saturated carbocycles. The van der Waals surface area contributed by atoms with E-state index in [1.54, 1.807) is 18.2 Å². The number of halogens is 1. The standard InChI is InChI=1S/C13H16ClNO2/c1-3-4-5-8-15-13(16)11-7-6-10(14)9-12(11)17-2/h3-4,6-7,9H,5,8H2,1-2H3,(H,15,16)/b4-3+. The van der Waals surface area contributed by atoms with Crippen molar-refractivity contribution in [3.63, 3.8) is 0 Å². The van der Waals surface area contributed by atoms with Crippen LogP contribution in [0, 0.1) is 0 Å². The van der Waals surface area contributed by atoms with Crippen LogP contribution in [0.15, 0.2) is 30.4 Å². The third-order valence-corrected chi connectivity index (χ3v) is 2.48. The van der Waals surface area contributed by atoms with Gasteiger partial charge in [-0.05, 0) is 31.5 Å². The highest BCUT2D eigenvalue weighted by atomic mass is 35.5. The van der Waals surface area contributed by atoms with E-state index < -0.39 is 0 Å². The van der Waals surface area contributed by atoms with Crippen LogP contribution >= 0.6 is 11.6 Å². The molecule has 0 atom stereocenters. The number of amides is 1. The second-order valence-electron chi connectivity index (χ2n) is 3.46. The van der Waals surface area contributed by atoms with Crippen LogP contribution in [0.3, 0.4) is 0 Å². The van der Waals surface area contributed by atoms with Crippen molar-refractivity contribution in [2.45, 2.75) is 13.3 Å².